The number of anilines is 2. The van der Waals surface area contributed by atoms with Crippen molar-refractivity contribution in [2.24, 2.45) is 0 Å². The molecule has 30 heavy (non-hydrogen) atoms. The Morgan fingerprint density at radius 1 is 1.20 bits per heavy atom. The minimum Gasteiger partial charge on any atom is -0.314 e. The highest BCUT2D eigenvalue weighted by Gasteiger charge is 2.39. The average Bonchev–Trinajstić information content (AvgIpc) is 3.17. The molecule has 1 aromatic carbocycles. The molecular weight excluding hydrogens is 425 g/mol. The molecule has 2 atom stereocenters. The highest BCUT2D eigenvalue weighted by Crippen LogP contribution is 2.32. The molecule has 9 nitrogen and oxygen atoms in total. The van der Waals surface area contributed by atoms with Crippen LogP contribution in [0.1, 0.15) is 19.5 Å². The number of fused-ring (bicyclic) bond motifs is 1. The van der Waals surface area contributed by atoms with Crippen molar-refractivity contribution >= 4 is 27.6 Å². The molecular formula is C17H19F3N6O3S. The van der Waals surface area contributed by atoms with Crippen molar-refractivity contribution in [3.8, 4) is 0 Å². The van der Waals surface area contributed by atoms with Crippen LogP contribution >= 0.6 is 0 Å². The Hall–Kier alpha value is -2.80. The van der Waals surface area contributed by atoms with Gasteiger partial charge in [0, 0.05) is 24.4 Å². The van der Waals surface area contributed by atoms with Crippen molar-refractivity contribution < 1.29 is 26.4 Å². The second-order valence-electron chi connectivity index (χ2n) is 7.32. The van der Waals surface area contributed by atoms with Gasteiger partial charge in [-0.05, 0) is 13.8 Å². The first-order chi connectivity index (χ1) is 14.1. The average molecular weight is 444 g/mol. The third-order valence-corrected chi connectivity index (χ3v) is 6.78. The van der Waals surface area contributed by atoms with Crippen molar-refractivity contribution in [3.05, 3.63) is 41.5 Å². The Morgan fingerprint density at radius 2 is 1.87 bits per heavy atom. The van der Waals surface area contributed by atoms with Gasteiger partial charge in [-0.3, -0.25) is 8.99 Å². The maximum absolute atomic E-state index is 13.4. The highest BCUT2D eigenvalue weighted by molar-refractivity contribution is 7.91. The largest absolute Gasteiger partial charge is 0.322 e. The molecule has 1 saturated heterocycles. The van der Waals surface area contributed by atoms with E-state index >= 15 is 0 Å². The van der Waals surface area contributed by atoms with E-state index in [1.807, 2.05) is 0 Å². The normalized spacial score (nSPS) is 22.8. The van der Waals surface area contributed by atoms with Crippen LogP contribution in [0.5, 0.6) is 0 Å². The number of hydrogen-bond acceptors (Lipinski definition) is 4. The van der Waals surface area contributed by atoms with Crippen LogP contribution in [-0.4, -0.2) is 47.8 Å². The van der Waals surface area contributed by atoms with Gasteiger partial charge in [0.15, 0.2) is 17.5 Å². The molecule has 2 amide bonds. The zero-order valence-corrected chi connectivity index (χ0v) is 16.9. The van der Waals surface area contributed by atoms with Crippen LogP contribution in [0.3, 0.4) is 0 Å². The van der Waals surface area contributed by atoms with E-state index in [0.717, 1.165) is 0 Å². The van der Waals surface area contributed by atoms with Gasteiger partial charge in [-0.1, -0.05) is 0 Å². The highest BCUT2D eigenvalue weighted by atomic mass is 32.2. The lowest BCUT2D eigenvalue weighted by Gasteiger charge is -2.35. The quantitative estimate of drug-likeness (QED) is 0.690. The van der Waals surface area contributed by atoms with Crippen LogP contribution in [0.4, 0.5) is 29.3 Å². The Kier molecular flexibility index (Phi) is 4.89. The summed E-state index contributed by atoms with van der Waals surface area (Å²) in [5.74, 6) is -4.46. The summed E-state index contributed by atoms with van der Waals surface area (Å²) < 4.78 is 70.0. The fourth-order valence-corrected chi connectivity index (χ4v) is 5.20. The Labute approximate surface area is 170 Å². The minimum atomic E-state index is -3.71. The summed E-state index contributed by atoms with van der Waals surface area (Å²) in [6.07, 6.45) is 1.44. The molecule has 0 radical (unpaired) electrons. The zero-order valence-electron chi connectivity index (χ0n) is 16.1. The van der Waals surface area contributed by atoms with E-state index in [4.69, 9.17) is 0 Å². The predicted octanol–water partition coefficient (Wildman–Crippen LogP) is 1.78. The van der Waals surface area contributed by atoms with Gasteiger partial charge in [-0.15, -0.1) is 0 Å². The minimum absolute atomic E-state index is 0.0211. The maximum Gasteiger partial charge on any atom is 0.322 e. The summed E-state index contributed by atoms with van der Waals surface area (Å²) >= 11 is 0. The Morgan fingerprint density at radius 3 is 2.47 bits per heavy atom. The lowest BCUT2D eigenvalue weighted by atomic mass is 10.2. The first kappa shape index (κ1) is 20.5. The van der Waals surface area contributed by atoms with Crippen LogP contribution in [0.25, 0.3) is 0 Å². The molecule has 13 heteroatoms. The summed E-state index contributed by atoms with van der Waals surface area (Å²) in [6.45, 7) is 4.06. The van der Waals surface area contributed by atoms with Crippen LogP contribution in [0.2, 0.25) is 0 Å². The van der Waals surface area contributed by atoms with E-state index in [1.165, 1.54) is 15.4 Å². The number of halogens is 3. The van der Waals surface area contributed by atoms with Crippen molar-refractivity contribution in [2.45, 2.75) is 39.0 Å². The van der Waals surface area contributed by atoms with Crippen molar-refractivity contribution in [2.75, 3.05) is 16.2 Å². The van der Waals surface area contributed by atoms with Gasteiger partial charge in [0.2, 0.25) is 0 Å². The maximum atomic E-state index is 13.4. The number of aromatic nitrogens is 2. The molecule has 2 aliphatic rings. The van der Waals surface area contributed by atoms with Crippen molar-refractivity contribution in [1.29, 1.82) is 0 Å². The van der Waals surface area contributed by atoms with Gasteiger partial charge < -0.3 is 10.2 Å². The monoisotopic (exact) mass is 444 g/mol. The fourth-order valence-electron chi connectivity index (χ4n) is 3.65. The number of nitrogens with zero attached hydrogens (tertiary/aromatic N) is 4. The van der Waals surface area contributed by atoms with Gasteiger partial charge in [0.25, 0.3) is 0 Å². The van der Waals surface area contributed by atoms with E-state index in [2.05, 4.69) is 15.1 Å². The van der Waals surface area contributed by atoms with Gasteiger partial charge in [0.1, 0.15) is 0 Å². The van der Waals surface area contributed by atoms with Crippen molar-refractivity contribution in [1.82, 2.24) is 19.4 Å². The number of rotatable bonds is 2. The van der Waals surface area contributed by atoms with E-state index in [9.17, 15) is 26.4 Å². The second kappa shape index (κ2) is 7.16. The number of benzene rings is 1. The smallest absolute Gasteiger partial charge is 0.314 e. The van der Waals surface area contributed by atoms with E-state index in [-0.39, 0.29) is 30.9 Å². The third-order valence-electron chi connectivity index (χ3n) is 5.17. The summed E-state index contributed by atoms with van der Waals surface area (Å²) in [5.41, 5.74) is 0.637. The topological polar surface area (TPSA) is 99.6 Å². The van der Waals surface area contributed by atoms with Crippen LogP contribution in [-0.2, 0) is 23.3 Å². The second-order valence-corrected chi connectivity index (χ2v) is 8.95. The summed E-state index contributed by atoms with van der Waals surface area (Å²) in [7, 11) is -3.71. The molecule has 0 spiro atoms. The molecule has 1 aromatic heterocycles. The number of urea groups is 1. The molecule has 0 unspecified atom stereocenters. The third kappa shape index (κ3) is 3.37. The summed E-state index contributed by atoms with van der Waals surface area (Å²) in [4.78, 5) is 14.1. The van der Waals surface area contributed by atoms with E-state index in [0.29, 0.717) is 30.1 Å². The summed E-state index contributed by atoms with van der Waals surface area (Å²) in [5, 5.41) is 6.60. The molecule has 0 aliphatic carbocycles. The van der Waals surface area contributed by atoms with E-state index in [1.54, 1.807) is 18.5 Å². The molecule has 4 rings (SSSR count). The lowest BCUT2D eigenvalue weighted by molar-refractivity contribution is 0.161. The van der Waals surface area contributed by atoms with Crippen LogP contribution < -0.4 is 14.3 Å². The molecule has 3 heterocycles. The Balaban J connectivity index is 1.60. The van der Waals surface area contributed by atoms with Gasteiger partial charge >= 0.3 is 16.2 Å². The number of hydrogen-bond donors (Lipinski definition) is 2. The fraction of sp³-hybridized carbons (Fsp3) is 0.412. The molecule has 1 fully saturated rings. The molecule has 0 saturated carbocycles. The zero-order chi connectivity index (χ0) is 21.8. The van der Waals surface area contributed by atoms with Gasteiger partial charge in [-0.2, -0.15) is 18.2 Å². The van der Waals surface area contributed by atoms with Crippen LogP contribution in [0.15, 0.2) is 18.3 Å². The van der Waals surface area contributed by atoms with Gasteiger partial charge in [-0.25, -0.2) is 18.0 Å². The molecule has 0 bridgehead atoms. The SMILES string of the molecule is C[C@H]1Cn2ncc(N3[C@@H](C)CNS3(=O)=O)c2CN1C(=O)Nc1cc(F)c(F)c(F)c1. The number of amides is 2. The first-order valence-corrected chi connectivity index (χ1v) is 10.6. The molecule has 2 aromatic rings. The molecule has 2 N–H and O–H groups in total. The predicted molar refractivity (Wildman–Crippen MR) is 101 cm³/mol. The van der Waals surface area contributed by atoms with Gasteiger partial charge in [0.05, 0.1) is 42.8 Å². The lowest BCUT2D eigenvalue weighted by Crippen LogP contribution is -2.47. The summed E-state index contributed by atoms with van der Waals surface area (Å²) in [6, 6.07) is 0.0267. The number of carbonyl (C=O) groups is 1. The molecule has 162 valence electrons. The standard InChI is InChI=1S/C17H19F3N6O3S/c1-9-5-22-30(28,29)26(9)14-6-21-25-7-10(2)24(8-15(14)25)17(27)23-11-3-12(18)16(20)13(19)4-11/h3-4,6,9-10,22H,5,7-8H2,1-2H3,(H,23,27)/t9-,10-/m0/s1. The Bertz CT molecular complexity index is 1100. The van der Waals surface area contributed by atoms with Crippen LogP contribution in [0, 0.1) is 17.5 Å². The molecule has 2 aliphatic heterocycles. The van der Waals surface area contributed by atoms with Crippen molar-refractivity contribution in [3.63, 3.8) is 0 Å². The first-order valence-electron chi connectivity index (χ1n) is 9.14. The number of carbonyl (C=O) groups excluding carboxylic acids is 1. The van der Waals surface area contributed by atoms with E-state index < -0.39 is 33.7 Å². The number of nitrogens with one attached hydrogen (secondary N) is 2.